The molecule has 0 bridgehead atoms. The largest absolute Gasteiger partial charge is 0.490 e. The van der Waals surface area contributed by atoms with Crippen molar-refractivity contribution in [2.45, 2.75) is 58.3 Å². The van der Waals surface area contributed by atoms with Gasteiger partial charge in [0.1, 0.15) is 5.75 Å². The molecule has 0 atom stereocenters. The fraction of sp³-hybridized carbons (Fsp3) is 0.500. The minimum absolute atomic E-state index is 0.103. The monoisotopic (exact) mass is 405 g/mol. The zero-order valence-electron chi connectivity index (χ0n) is 17.0. The zero-order chi connectivity index (χ0) is 20.6. The van der Waals surface area contributed by atoms with E-state index in [1.807, 2.05) is 24.7 Å². The Hall–Kier alpha value is -2.35. The van der Waals surface area contributed by atoms with E-state index >= 15 is 0 Å². The molecular weight excluding hydrogens is 378 g/mol. The number of hydrogen-bond acceptors (Lipinski definition) is 5. The number of aromatic nitrogens is 2. The summed E-state index contributed by atoms with van der Waals surface area (Å²) >= 11 is 0. The predicted octanol–water partition coefficient (Wildman–Crippen LogP) is 2.89. The Labute approximate surface area is 166 Å². The molecule has 0 spiro atoms. The van der Waals surface area contributed by atoms with Gasteiger partial charge in [0.2, 0.25) is 0 Å². The number of hydrogen-bond donors (Lipinski definition) is 0. The molecule has 1 aliphatic heterocycles. The van der Waals surface area contributed by atoms with Crippen LogP contribution in [0.25, 0.3) is 0 Å². The molecular formula is C20H27N3O4S. The van der Waals surface area contributed by atoms with Crippen molar-refractivity contribution in [2.75, 3.05) is 6.26 Å². The number of benzene rings is 1. The lowest BCUT2D eigenvalue weighted by atomic mass is 10.1. The average Bonchev–Trinajstić information content (AvgIpc) is 3.10. The molecule has 0 saturated carbocycles. The molecule has 152 valence electrons. The van der Waals surface area contributed by atoms with Crippen LogP contribution in [0.3, 0.4) is 0 Å². The number of rotatable bonds is 6. The van der Waals surface area contributed by atoms with Crippen LogP contribution in [0.5, 0.6) is 5.75 Å². The van der Waals surface area contributed by atoms with E-state index in [4.69, 9.17) is 4.74 Å². The summed E-state index contributed by atoms with van der Waals surface area (Å²) in [4.78, 5) is 14.9. The minimum atomic E-state index is -3.43. The molecule has 28 heavy (non-hydrogen) atoms. The van der Waals surface area contributed by atoms with Crippen LogP contribution in [0, 0.1) is 5.92 Å². The van der Waals surface area contributed by atoms with Crippen LogP contribution < -0.4 is 4.74 Å². The number of ether oxygens (including phenoxy) is 1. The lowest BCUT2D eigenvalue weighted by molar-refractivity contribution is 0.0742. The van der Waals surface area contributed by atoms with Crippen molar-refractivity contribution in [1.82, 2.24) is 14.7 Å². The van der Waals surface area contributed by atoms with E-state index < -0.39 is 9.84 Å². The fourth-order valence-corrected chi connectivity index (χ4v) is 3.90. The van der Waals surface area contributed by atoms with Crippen molar-refractivity contribution >= 4 is 15.7 Å². The van der Waals surface area contributed by atoms with Gasteiger partial charge < -0.3 is 9.64 Å². The average molecular weight is 406 g/mol. The molecule has 1 amide bonds. The van der Waals surface area contributed by atoms with Crippen molar-refractivity contribution < 1.29 is 17.9 Å². The van der Waals surface area contributed by atoms with E-state index in [1.165, 1.54) is 12.1 Å². The van der Waals surface area contributed by atoms with Crippen molar-refractivity contribution in [3.63, 3.8) is 0 Å². The summed E-state index contributed by atoms with van der Waals surface area (Å²) in [5.74, 6) is 0.628. The first-order valence-corrected chi connectivity index (χ1v) is 11.3. The number of carbonyl (C=O) groups excluding carboxylic acids is 1. The van der Waals surface area contributed by atoms with E-state index in [0.717, 1.165) is 24.1 Å². The van der Waals surface area contributed by atoms with Gasteiger partial charge in [0.05, 0.1) is 28.8 Å². The molecule has 2 heterocycles. The van der Waals surface area contributed by atoms with Gasteiger partial charge in [-0.2, -0.15) is 5.10 Å². The van der Waals surface area contributed by atoms with Gasteiger partial charge in [-0.1, -0.05) is 13.8 Å². The van der Waals surface area contributed by atoms with Gasteiger partial charge in [-0.3, -0.25) is 9.48 Å². The molecule has 0 unspecified atom stereocenters. The molecule has 8 heteroatoms. The molecule has 1 aromatic heterocycles. The summed E-state index contributed by atoms with van der Waals surface area (Å²) in [6.07, 6.45) is 2.98. The van der Waals surface area contributed by atoms with E-state index in [0.29, 0.717) is 24.8 Å². The Balaban J connectivity index is 1.87. The van der Waals surface area contributed by atoms with Gasteiger partial charge in [-0.05, 0) is 38.0 Å². The van der Waals surface area contributed by atoms with Crippen LogP contribution >= 0.6 is 0 Å². The van der Waals surface area contributed by atoms with Crippen molar-refractivity contribution in [3.8, 4) is 5.75 Å². The molecule has 3 rings (SSSR count). The molecule has 7 nitrogen and oxygen atoms in total. The van der Waals surface area contributed by atoms with Gasteiger partial charge in [-0.25, -0.2) is 8.42 Å². The van der Waals surface area contributed by atoms with Crippen molar-refractivity contribution in [1.29, 1.82) is 0 Å². The van der Waals surface area contributed by atoms with Crippen molar-refractivity contribution in [3.05, 3.63) is 41.2 Å². The van der Waals surface area contributed by atoms with Gasteiger partial charge in [0.15, 0.2) is 9.84 Å². The molecule has 0 radical (unpaired) electrons. The number of sulfone groups is 1. The highest BCUT2D eigenvalue weighted by molar-refractivity contribution is 7.90. The molecule has 2 aromatic rings. The quantitative estimate of drug-likeness (QED) is 0.738. The molecule has 0 saturated heterocycles. The summed E-state index contributed by atoms with van der Waals surface area (Å²) in [6.45, 7) is 9.69. The maximum Gasteiger partial charge on any atom is 0.258 e. The normalized spacial score (nSPS) is 14.0. The summed E-state index contributed by atoms with van der Waals surface area (Å²) in [5, 5.41) is 4.58. The van der Waals surface area contributed by atoms with Crippen LogP contribution in [0.2, 0.25) is 0 Å². The smallest absolute Gasteiger partial charge is 0.258 e. The minimum Gasteiger partial charge on any atom is -0.490 e. The SMILES string of the molecule is CC(C)Cn1cc2c(n1)CN(C(=O)c1cc(S(C)(=O)=O)ccc1OC(C)C)C2. The standard InChI is InChI=1S/C20H27N3O4S/c1-13(2)9-23-11-15-10-22(12-18(15)21-23)20(24)17-8-16(28(5,25)26)6-7-19(17)27-14(3)4/h6-8,11,13-14H,9-10,12H2,1-5H3. The van der Waals surface area contributed by atoms with Gasteiger partial charge in [0.25, 0.3) is 5.91 Å². The predicted molar refractivity (Wildman–Crippen MR) is 106 cm³/mol. The Morgan fingerprint density at radius 2 is 1.93 bits per heavy atom. The molecule has 1 aliphatic rings. The van der Waals surface area contributed by atoms with Crippen LogP contribution in [0.15, 0.2) is 29.3 Å². The highest BCUT2D eigenvalue weighted by atomic mass is 32.2. The Morgan fingerprint density at radius 1 is 1.21 bits per heavy atom. The first kappa shape index (κ1) is 20.4. The maximum atomic E-state index is 13.2. The van der Waals surface area contributed by atoms with E-state index in [1.54, 1.807) is 11.0 Å². The highest BCUT2D eigenvalue weighted by Gasteiger charge is 2.29. The second-order valence-electron chi connectivity index (χ2n) is 7.97. The van der Waals surface area contributed by atoms with Crippen LogP contribution in [0.1, 0.15) is 49.3 Å². The second-order valence-corrected chi connectivity index (χ2v) is 9.99. The Kier molecular flexibility index (Phi) is 5.52. The topological polar surface area (TPSA) is 81.5 Å². The molecule has 1 aromatic carbocycles. The first-order valence-electron chi connectivity index (χ1n) is 9.40. The number of amides is 1. The third kappa shape index (κ3) is 4.38. The lowest BCUT2D eigenvalue weighted by Crippen LogP contribution is -2.27. The van der Waals surface area contributed by atoms with Gasteiger partial charge in [-0.15, -0.1) is 0 Å². The van der Waals surface area contributed by atoms with Crippen LogP contribution in [-0.4, -0.2) is 41.4 Å². The number of fused-ring (bicyclic) bond motifs is 1. The number of nitrogens with zero attached hydrogens (tertiary/aromatic N) is 3. The van der Waals surface area contributed by atoms with E-state index in [2.05, 4.69) is 18.9 Å². The Bertz CT molecular complexity index is 969. The first-order chi connectivity index (χ1) is 13.0. The van der Waals surface area contributed by atoms with Gasteiger partial charge in [0, 0.05) is 31.1 Å². The second kappa shape index (κ2) is 7.58. The van der Waals surface area contributed by atoms with Crippen LogP contribution in [-0.2, 0) is 29.5 Å². The molecule has 0 N–H and O–H groups in total. The number of carbonyl (C=O) groups is 1. The molecule has 0 fully saturated rings. The van der Waals surface area contributed by atoms with E-state index in [-0.39, 0.29) is 22.5 Å². The van der Waals surface area contributed by atoms with Crippen molar-refractivity contribution in [2.24, 2.45) is 5.92 Å². The van der Waals surface area contributed by atoms with Gasteiger partial charge >= 0.3 is 0 Å². The highest BCUT2D eigenvalue weighted by Crippen LogP contribution is 2.29. The maximum absolute atomic E-state index is 13.2. The fourth-order valence-electron chi connectivity index (χ4n) is 3.26. The molecule has 0 aliphatic carbocycles. The summed E-state index contributed by atoms with van der Waals surface area (Å²) in [6, 6.07) is 4.44. The summed E-state index contributed by atoms with van der Waals surface area (Å²) < 4.78 is 31.6. The summed E-state index contributed by atoms with van der Waals surface area (Å²) in [7, 11) is -3.43. The van der Waals surface area contributed by atoms with Crippen LogP contribution in [0.4, 0.5) is 0 Å². The van der Waals surface area contributed by atoms with E-state index in [9.17, 15) is 13.2 Å². The summed E-state index contributed by atoms with van der Waals surface area (Å²) in [5.41, 5.74) is 2.18. The third-order valence-electron chi connectivity index (χ3n) is 4.44. The third-order valence-corrected chi connectivity index (χ3v) is 5.55. The zero-order valence-corrected chi connectivity index (χ0v) is 17.8. The lowest BCUT2D eigenvalue weighted by Gasteiger charge is -2.20. The Morgan fingerprint density at radius 3 is 2.50 bits per heavy atom.